The fourth-order valence-electron chi connectivity index (χ4n) is 3.15. The zero-order chi connectivity index (χ0) is 20.1. The van der Waals surface area contributed by atoms with Gasteiger partial charge in [-0.3, -0.25) is 4.79 Å². The fraction of sp³-hybridized carbons (Fsp3) is 0.130. The number of aryl methyl sites for hydroxylation is 1. The Labute approximate surface area is 164 Å². The van der Waals surface area contributed by atoms with Crippen LogP contribution in [0, 0.1) is 25.2 Å². The number of benzene rings is 2. The molecule has 0 unspecified atom stereocenters. The number of ether oxygens (including phenoxy) is 1. The quantitative estimate of drug-likeness (QED) is 0.524. The Hall–Kier alpha value is -3.78. The number of carbonyl (C=O) groups excluding carboxylic acids is 1. The molecule has 2 aromatic carbocycles. The molecule has 0 bridgehead atoms. The number of nitrogens with zero attached hydrogens (tertiary/aromatic N) is 2. The zero-order valence-electron chi connectivity index (χ0n) is 16.1. The van der Waals surface area contributed by atoms with Crippen molar-refractivity contribution in [3.63, 3.8) is 0 Å². The molecule has 0 aliphatic heterocycles. The maximum atomic E-state index is 12.6. The lowest BCUT2D eigenvalue weighted by Gasteiger charge is -2.10. The average molecular weight is 371 g/mol. The summed E-state index contributed by atoms with van der Waals surface area (Å²) in [5.74, 6) is 0.0620. The van der Waals surface area contributed by atoms with Gasteiger partial charge in [0.1, 0.15) is 17.4 Å². The highest BCUT2D eigenvalue weighted by atomic mass is 16.5. The van der Waals surface area contributed by atoms with Gasteiger partial charge in [-0.05, 0) is 55.8 Å². The number of hydrogen-bond donors (Lipinski definition) is 1. The highest BCUT2D eigenvalue weighted by molar-refractivity contribution is 6.10. The van der Waals surface area contributed by atoms with Crippen molar-refractivity contribution in [1.82, 2.24) is 4.57 Å². The minimum atomic E-state index is -0.475. The molecular formula is C23H21N3O2. The third-order valence-corrected chi connectivity index (χ3v) is 4.50. The van der Waals surface area contributed by atoms with Crippen molar-refractivity contribution in [2.24, 2.45) is 0 Å². The lowest BCUT2D eigenvalue weighted by Crippen LogP contribution is -2.14. The van der Waals surface area contributed by atoms with E-state index in [4.69, 9.17) is 4.74 Å². The smallest absolute Gasteiger partial charge is 0.266 e. The summed E-state index contributed by atoms with van der Waals surface area (Å²) >= 11 is 0. The van der Waals surface area contributed by atoms with Gasteiger partial charge in [0.25, 0.3) is 5.91 Å². The predicted molar refractivity (Wildman–Crippen MR) is 110 cm³/mol. The summed E-state index contributed by atoms with van der Waals surface area (Å²) in [5, 5.41) is 12.3. The van der Waals surface area contributed by atoms with Crippen LogP contribution in [0.4, 0.5) is 5.69 Å². The number of anilines is 1. The summed E-state index contributed by atoms with van der Waals surface area (Å²) in [6, 6.07) is 21.0. The van der Waals surface area contributed by atoms with Crippen molar-refractivity contribution in [2.75, 3.05) is 12.4 Å². The average Bonchev–Trinajstić information content (AvgIpc) is 3.00. The Bertz CT molecular complexity index is 1070. The third-order valence-electron chi connectivity index (χ3n) is 4.50. The van der Waals surface area contributed by atoms with Gasteiger partial charge in [-0.25, -0.2) is 0 Å². The van der Waals surface area contributed by atoms with Gasteiger partial charge in [0.2, 0.25) is 0 Å². The molecule has 0 fully saturated rings. The Morgan fingerprint density at radius 1 is 1.11 bits per heavy atom. The first-order valence-corrected chi connectivity index (χ1v) is 8.85. The number of nitriles is 1. The van der Waals surface area contributed by atoms with Gasteiger partial charge >= 0.3 is 0 Å². The molecule has 0 aliphatic carbocycles. The van der Waals surface area contributed by atoms with E-state index >= 15 is 0 Å². The molecule has 0 atom stereocenters. The van der Waals surface area contributed by atoms with Gasteiger partial charge in [0.05, 0.1) is 12.8 Å². The van der Waals surface area contributed by atoms with Crippen LogP contribution >= 0.6 is 0 Å². The molecule has 1 heterocycles. The Morgan fingerprint density at radius 2 is 1.79 bits per heavy atom. The van der Waals surface area contributed by atoms with Crippen molar-refractivity contribution in [3.05, 3.63) is 83.2 Å². The van der Waals surface area contributed by atoms with Crippen molar-refractivity contribution in [1.29, 1.82) is 5.26 Å². The summed E-state index contributed by atoms with van der Waals surface area (Å²) < 4.78 is 7.34. The van der Waals surface area contributed by atoms with Crippen molar-refractivity contribution >= 4 is 17.7 Å². The van der Waals surface area contributed by atoms with Gasteiger partial charge in [-0.2, -0.15) is 5.26 Å². The zero-order valence-corrected chi connectivity index (χ0v) is 16.1. The van der Waals surface area contributed by atoms with Crippen LogP contribution in [0.1, 0.15) is 17.0 Å². The molecule has 1 amide bonds. The summed E-state index contributed by atoms with van der Waals surface area (Å²) in [5.41, 5.74) is 4.39. The van der Waals surface area contributed by atoms with Crippen LogP contribution in [0.25, 0.3) is 11.8 Å². The number of aromatic nitrogens is 1. The molecule has 28 heavy (non-hydrogen) atoms. The maximum absolute atomic E-state index is 12.6. The summed E-state index contributed by atoms with van der Waals surface area (Å²) in [6.45, 7) is 3.97. The van der Waals surface area contributed by atoms with Crippen molar-refractivity contribution < 1.29 is 9.53 Å². The molecule has 5 nitrogen and oxygen atoms in total. The van der Waals surface area contributed by atoms with E-state index in [9.17, 15) is 10.1 Å². The van der Waals surface area contributed by atoms with E-state index in [2.05, 4.69) is 9.88 Å². The van der Waals surface area contributed by atoms with E-state index in [0.717, 1.165) is 22.6 Å². The number of hydrogen-bond acceptors (Lipinski definition) is 3. The third kappa shape index (κ3) is 3.81. The van der Waals surface area contributed by atoms with E-state index in [1.807, 2.05) is 62.4 Å². The molecule has 0 aliphatic rings. The summed E-state index contributed by atoms with van der Waals surface area (Å²) in [7, 11) is 1.53. The molecule has 1 aromatic heterocycles. The second-order valence-corrected chi connectivity index (χ2v) is 6.32. The number of para-hydroxylation sites is 3. The predicted octanol–water partition coefficient (Wildman–Crippen LogP) is 4.65. The van der Waals surface area contributed by atoms with E-state index in [0.29, 0.717) is 11.4 Å². The molecule has 3 aromatic rings. The Kier molecular flexibility index (Phi) is 5.61. The number of carbonyl (C=O) groups is 1. The van der Waals surface area contributed by atoms with Crippen LogP contribution in [0.5, 0.6) is 5.75 Å². The van der Waals surface area contributed by atoms with Gasteiger partial charge in [-0.15, -0.1) is 0 Å². The molecule has 3 rings (SSSR count). The van der Waals surface area contributed by atoms with Crippen LogP contribution < -0.4 is 10.1 Å². The SMILES string of the molecule is COc1ccccc1NC(=O)/C(C#N)=C/c1cc(C)n(-c2ccccc2)c1C. The minimum absolute atomic E-state index is 0.0271. The van der Waals surface area contributed by atoms with E-state index < -0.39 is 5.91 Å². The van der Waals surface area contributed by atoms with Crippen LogP contribution in [0.15, 0.2) is 66.2 Å². The monoisotopic (exact) mass is 371 g/mol. The van der Waals surface area contributed by atoms with E-state index in [-0.39, 0.29) is 5.57 Å². The second kappa shape index (κ2) is 8.28. The topological polar surface area (TPSA) is 67.0 Å². The maximum Gasteiger partial charge on any atom is 0.266 e. The Balaban J connectivity index is 1.93. The lowest BCUT2D eigenvalue weighted by atomic mass is 10.1. The normalized spacial score (nSPS) is 11.0. The van der Waals surface area contributed by atoms with Gasteiger partial charge < -0.3 is 14.6 Å². The first-order chi connectivity index (χ1) is 13.5. The van der Waals surface area contributed by atoms with Crippen LogP contribution in [0.2, 0.25) is 0 Å². The number of amides is 1. The highest BCUT2D eigenvalue weighted by Gasteiger charge is 2.15. The fourth-order valence-corrected chi connectivity index (χ4v) is 3.15. The molecule has 0 saturated carbocycles. The van der Waals surface area contributed by atoms with Crippen molar-refractivity contribution in [2.45, 2.75) is 13.8 Å². The Morgan fingerprint density at radius 3 is 2.46 bits per heavy atom. The highest BCUT2D eigenvalue weighted by Crippen LogP contribution is 2.25. The molecule has 140 valence electrons. The molecule has 5 heteroatoms. The van der Waals surface area contributed by atoms with Crippen LogP contribution in [-0.2, 0) is 4.79 Å². The van der Waals surface area contributed by atoms with Crippen molar-refractivity contribution in [3.8, 4) is 17.5 Å². The van der Waals surface area contributed by atoms with Gasteiger partial charge in [0.15, 0.2) is 0 Å². The number of nitrogens with one attached hydrogen (secondary N) is 1. The van der Waals surface area contributed by atoms with Gasteiger partial charge in [-0.1, -0.05) is 30.3 Å². The molecule has 0 spiro atoms. The summed E-state index contributed by atoms with van der Waals surface area (Å²) in [4.78, 5) is 12.6. The first kappa shape index (κ1) is 19.0. The number of methoxy groups -OCH3 is 1. The summed E-state index contributed by atoms with van der Waals surface area (Å²) in [6.07, 6.45) is 1.62. The molecule has 1 N–H and O–H groups in total. The largest absolute Gasteiger partial charge is 0.495 e. The lowest BCUT2D eigenvalue weighted by molar-refractivity contribution is -0.112. The minimum Gasteiger partial charge on any atom is -0.495 e. The molecule has 0 radical (unpaired) electrons. The number of rotatable bonds is 5. The molecular weight excluding hydrogens is 350 g/mol. The van der Waals surface area contributed by atoms with Crippen LogP contribution in [0.3, 0.4) is 0 Å². The van der Waals surface area contributed by atoms with Crippen LogP contribution in [-0.4, -0.2) is 17.6 Å². The van der Waals surface area contributed by atoms with E-state index in [1.165, 1.54) is 7.11 Å². The molecule has 0 saturated heterocycles. The van der Waals surface area contributed by atoms with E-state index in [1.54, 1.807) is 24.3 Å². The van der Waals surface area contributed by atoms with Gasteiger partial charge in [0, 0.05) is 17.1 Å². The second-order valence-electron chi connectivity index (χ2n) is 6.32. The first-order valence-electron chi connectivity index (χ1n) is 8.85. The standard InChI is InChI=1S/C23H21N3O2/c1-16-13-18(17(2)26(16)20-9-5-4-6-10-20)14-19(15-24)23(27)25-21-11-7-8-12-22(21)28-3/h4-14H,1-3H3,(H,25,27)/b19-14+.